The van der Waals surface area contributed by atoms with Crippen molar-refractivity contribution in [2.45, 2.75) is 26.7 Å². The van der Waals surface area contributed by atoms with Crippen LogP contribution in [0.4, 0.5) is 0 Å². The Morgan fingerprint density at radius 2 is 2.18 bits per heavy atom. The molecule has 0 aromatic carbocycles. The zero-order chi connectivity index (χ0) is 12.4. The molecule has 5 heteroatoms. The highest BCUT2D eigenvalue weighted by Gasteiger charge is 2.10. The smallest absolute Gasteiger partial charge is 0.153 e. The molecule has 0 aliphatic carbocycles. The quantitative estimate of drug-likeness (QED) is 0.809. The first-order valence-electron chi connectivity index (χ1n) is 5.60. The summed E-state index contributed by atoms with van der Waals surface area (Å²) in [6.07, 6.45) is 4.22. The molecular formula is C12H16N4O. The maximum absolute atomic E-state index is 10.9. The Kier molecular flexibility index (Phi) is 3.08. The minimum Gasteiger partial charge on any atom is -0.298 e. The molecule has 0 aliphatic rings. The van der Waals surface area contributed by atoms with Gasteiger partial charge in [-0.1, -0.05) is 0 Å². The standard InChI is InChI=1S/C12H16N4O/c1-8-11(9(2)14-13-8)4-5-12-10(7-17)6-16(3)15-12/h6-7H,4-5H2,1-3H3,(H,13,14). The fourth-order valence-corrected chi connectivity index (χ4v) is 2.03. The molecule has 1 N–H and O–H groups in total. The predicted octanol–water partition coefficient (Wildman–Crippen LogP) is 1.36. The van der Waals surface area contributed by atoms with Crippen molar-refractivity contribution in [2.75, 3.05) is 0 Å². The average molecular weight is 232 g/mol. The van der Waals surface area contributed by atoms with Gasteiger partial charge < -0.3 is 0 Å². The van der Waals surface area contributed by atoms with Gasteiger partial charge in [0, 0.05) is 18.9 Å². The second-order valence-corrected chi connectivity index (χ2v) is 4.24. The lowest BCUT2D eigenvalue weighted by molar-refractivity contribution is 0.112. The Balaban J connectivity index is 2.15. The highest BCUT2D eigenvalue weighted by Crippen LogP contribution is 2.14. The van der Waals surface area contributed by atoms with Gasteiger partial charge in [-0.25, -0.2) is 0 Å². The monoisotopic (exact) mass is 232 g/mol. The molecular weight excluding hydrogens is 216 g/mol. The lowest BCUT2D eigenvalue weighted by Crippen LogP contribution is -1.98. The number of H-pyrrole nitrogens is 1. The summed E-state index contributed by atoms with van der Waals surface area (Å²) in [5.41, 5.74) is 4.85. The minimum atomic E-state index is 0.673. The third-order valence-electron chi connectivity index (χ3n) is 2.96. The second-order valence-electron chi connectivity index (χ2n) is 4.24. The van der Waals surface area contributed by atoms with Crippen molar-refractivity contribution in [3.05, 3.63) is 34.4 Å². The summed E-state index contributed by atoms with van der Waals surface area (Å²) in [6, 6.07) is 0. The third-order valence-corrected chi connectivity index (χ3v) is 2.96. The molecule has 2 rings (SSSR count). The zero-order valence-corrected chi connectivity index (χ0v) is 10.3. The lowest BCUT2D eigenvalue weighted by Gasteiger charge is -2.00. The van der Waals surface area contributed by atoms with E-state index in [0.717, 1.165) is 36.2 Å². The molecule has 0 radical (unpaired) electrons. The van der Waals surface area contributed by atoms with Crippen LogP contribution in [0.3, 0.4) is 0 Å². The fraction of sp³-hybridized carbons (Fsp3) is 0.417. The molecule has 0 saturated carbocycles. The normalized spacial score (nSPS) is 10.8. The van der Waals surface area contributed by atoms with E-state index in [-0.39, 0.29) is 0 Å². The van der Waals surface area contributed by atoms with E-state index in [0.29, 0.717) is 5.56 Å². The van der Waals surface area contributed by atoms with Crippen LogP contribution in [0.1, 0.15) is 33.0 Å². The third kappa shape index (κ3) is 2.27. The number of carbonyl (C=O) groups is 1. The van der Waals surface area contributed by atoms with Gasteiger partial charge in [0.25, 0.3) is 0 Å². The number of carbonyl (C=O) groups excluding carboxylic acids is 1. The zero-order valence-electron chi connectivity index (χ0n) is 10.3. The van der Waals surface area contributed by atoms with Crippen LogP contribution in [0.5, 0.6) is 0 Å². The van der Waals surface area contributed by atoms with Crippen LogP contribution in [-0.4, -0.2) is 26.3 Å². The molecule has 90 valence electrons. The molecule has 2 heterocycles. The summed E-state index contributed by atoms with van der Waals surface area (Å²) < 4.78 is 1.67. The molecule has 5 nitrogen and oxygen atoms in total. The van der Waals surface area contributed by atoms with Crippen LogP contribution >= 0.6 is 0 Å². The summed E-state index contributed by atoms with van der Waals surface area (Å²) in [4.78, 5) is 10.9. The first-order valence-corrected chi connectivity index (χ1v) is 5.60. The maximum Gasteiger partial charge on any atom is 0.153 e. The Labute approximate surface area is 99.8 Å². The number of aromatic amines is 1. The maximum atomic E-state index is 10.9. The number of nitrogens with zero attached hydrogens (tertiary/aromatic N) is 3. The van der Waals surface area contributed by atoms with Gasteiger partial charge in [-0.15, -0.1) is 0 Å². The first kappa shape index (κ1) is 11.6. The number of aromatic nitrogens is 4. The number of hydrogen-bond donors (Lipinski definition) is 1. The summed E-state index contributed by atoms with van der Waals surface area (Å²) in [5, 5.41) is 11.4. The van der Waals surface area contributed by atoms with Gasteiger partial charge in [-0.2, -0.15) is 10.2 Å². The molecule has 0 aliphatic heterocycles. The van der Waals surface area contributed by atoms with Crippen LogP contribution < -0.4 is 0 Å². The van der Waals surface area contributed by atoms with Crippen molar-refractivity contribution >= 4 is 6.29 Å². The van der Waals surface area contributed by atoms with Gasteiger partial charge in [0.1, 0.15) is 0 Å². The predicted molar refractivity (Wildman–Crippen MR) is 64.1 cm³/mol. The van der Waals surface area contributed by atoms with E-state index in [9.17, 15) is 4.79 Å². The van der Waals surface area contributed by atoms with E-state index in [1.54, 1.807) is 10.9 Å². The first-order chi connectivity index (χ1) is 8.11. The molecule has 2 aromatic rings. The van der Waals surface area contributed by atoms with Gasteiger partial charge in [0.2, 0.25) is 0 Å². The van der Waals surface area contributed by atoms with Crippen molar-refractivity contribution in [3.8, 4) is 0 Å². The molecule has 0 bridgehead atoms. The van der Waals surface area contributed by atoms with E-state index >= 15 is 0 Å². The lowest BCUT2D eigenvalue weighted by atomic mass is 10.1. The van der Waals surface area contributed by atoms with Crippen molar-refractivity contribution in [2.24, 2.45) is 7.05 Å². The van der Waals surface area contributed by atoms with Crippen LogP contribution in [0.25, 0.3) is 0 Å². The van der Waals surface area contributed by atoms with E-state index in [4.69, 9.17) is 0 Å². The number of aryl methyl sites for hydroxylation is 4. The Morgan fingerprint density at radius 1 is 1.41 bits per heavy atom. The van der Waals surface area contributed by atoms with Gasteiger partial charge in [-0.3, -0.25) is 14.6 Å². The topological polar surface area (TPSA) is 63.6 Å². The largest absolute Gasteiger partial charge is 0.298 e. The molecule has 0 fully saturated rings. The van der Waals surface area contributed by atoms with Crippen LogP contribution in [0.2, 0.25) is 0 Å². The van der Waals surface area contributed by atoms with E-state index in [1.807, 2.05) is 20.9 Å². The highest BCUT2D eigenvalue weighted by molar-refractivity contribution is 5.75. The SMILES string of the molecule is Cc1n[nH]c(C)c1CCc1nn(C)cc1C=O. The summed E-state index contributed by atoms with van der Waals surface area (Å²) in [7, 11) is 1.82. The Morgan fingerprint density at radius 3 is 2.76 bits per heavy atom. The Hall–Kier alpha value is -1.91. The molecule has 0 saturated heterocycles. The molecule has 0 atom stereocenters. The number of hydrogen-bond acceptors (Lipinski definition) is 3. The highest BCUT2D eigenvalue weighted by atomic mass is 16.1. The van der Waals surface area contributed by atoms with Crippen molar-refractivity contribution in [1.82, 2.24) is 20.0 Å². The molecule has 0 spiro atoms. The van der Waals surface area contributed by atoms with Gasteiger partial charge in [0.05, 0.1) is 17.0 Å². The molecule has 0 amide bonds. The van der Waals surface area contributed by atoms with Crippen LogP contribution in [-0.2, 0) is 19.9 Å². The summed E-state index contributed by atoms with van der Waals surface area (Å²) >= 11 is 0. The van der Waals surface area contributed by atoms with Crippen molar-refractivity contribution < 1.29 is 4.79 Å². The number of rotatable bonds is 4. The van der Waals surface area contributed by atoms with E-state index in [1.165, 1.54) is 5.56 Å². The fourth-order valence-electron chi connectivity index (χ4n) is 2.03. The van der Waals surface area contributed by atoms with Crippen molar-refractivity contribution in [1.29, 1.82) is 0 Å². The summed E-state index contributed by atoms with van der Waals surface area (Å²) in [5.74, 6) is 0. The Bertz CT molecular complexity index is 519. The van der Waals surface area contributed by atoms with Crippen molar-refractivity contribution in [3.63, 3.8) is 0 Å². The number of aldehydes is 1. The minimum absolute atomic E-state index is 0.673. The van der Waals surface area contributed by atoms with Crippen LogP contribution in [0, 0.1) is 13.8 Å². The summed E-state index contributed by atoms with van der Waals surface area (Å²) in [6.45, 7) is 3.99. The molecule has 17 heavy (non-hydrogen) atoms. The van der Waals surface area contributed by atoms with Gasteiger partial charge in [0.15, 0.2) is 6.29 Å². The molecule has 2 aromatic heterocycles. The average Bonchev–Trinajstić information content (AvgIpc) is 2.81. The van der Waals surface area contributed by atoms with Gasteiger partial charge >= 0.3 is 0 Å². The second kappa shape index (κ2) is 4.53. The van der Waals surface area contributed by atoms with Gasteiger partial charge in [-0.05, 0) is 32.3 Å². The number of nitrogens with one attached hydrogen (secondary N) is 1. The van der Waals surface area contributed by atoms with E-state index in [2.05, 4.69) is 15.3 Å². The molecule has 0 unspecified atom stereocenters. The van der Waals surface area contributed by atoms with Crippen LogP contribution in [0.15, 0.2) is 6.20 Å². The van der Waals surface area contributed by atoms with E-state index < -0.39 is 0 Å².